The molecule has 1 N–H and O–H groups in total. The van der Waals surface area contributed by atoms with Gasteiger partial charge in [-0.1, -0.05) is 27.5 Å². The van der Waals surface area contributed by atoms with Crippen molar-refractivity contribution in [3.05, 3.63) is 29.0 Å². The third kappa shape index (κ3) is 2.34. The van der Waals surface area contributed by atoms with Crippen LogP contribution in [-0.2, 0) is 0 Å². The highest BCUT2D eigenvalue weighted by Gasteiger charge is 1.99. The summed E-state index contributed by atoms with van der Waals surface area (Å²) in [5, 5.41) is 3.30. The minimum atomic E-state index is -0.297. The van der Waals surface area contributed by atoms with Gasteiger partial charge >= 0.3 is 0 Å². The molecular formula is C7H6BrClFN. The van der Waals surface area contributed by atoms with Crippen LogP contribution in [0.1, 0.15) is 0 Å². The van der Waals surface area contributed by atoms with Crippen molar-refractivity contribution in [2.75, 3.05) is 10.8 Å². The van der Waals surface area contributed by atoms with E-state index >= 15 is 0 Å². The molecule has 0 unspecified atom stereocenters. The molecule has 11 heavy (non-hydrogen) atoms. The molecule has 1 aromatic carbocycles. The zero-order valence-corrected chi connectivity index (χ0v) is 7.91. The monoisotopic (exact) mass is 237 g/mol. The van der Waals surface area contributed by atoms with Gasteiger partial charge in [-0.25, -0.2) is 4.39 Å². The molecule has 0 heterocycles. The Morgan fingerprint density at radius 2 is 2.27 bits per heavy atom. The molecule has 0 spiro atoms. The number of alkyl halides is 1. The SMILES string of the molecule is Fc1ccc(Cl)cc1NCBr. The minimum Gasteiger partial charge on any atom is -0.373 e. The molecule has 0 radical (unpaired) electrons. The van der Waals surface area contributed by atoms with Gasteiger partial charge in [-0.15, -0.1) is 0 Å². The largest absolute Gasteiger partial charge is 0.373 e. The molecule has 0 bridgehead atoms. The highest BCUT2D eigenvalue weighted by Crippen LogP contribution is 2.19. The molecule has 0 aliphatic carbocycles. The molecule has 0 aliphatic rings. The minimum absolute atomic E-state index is 0.297. The summed E-state index contributed by atoms with van der Waals surface area (Å²) in [6.45, 7) is 0. The lowest BCUT2D eigenvalue weighted by molar-refractivity contribution is 0.631. The predicted octanol–water partition coefficient (Wildman–Crippen LogP) is 3.24. The van der Waals surface area contributed by atoms with E-state index in [1.54, 1.807) is 0 Å². The van der Waals surface area contributed by atoms with E-state index in [0.717, 1.165) is 0 Å². The molecule has 0 aliphatic heterocycles. The Balaban J connectivity index is 2.93. The van der Waals surface area contributed by atoms with E-state index in [4.69, 9.17) is 11.6 Å². The summed E-state index contributed by atoms with van der Waals surface area (Å²) in [7, 11) is 0. The molecule has 0 amide bonds. The number of hydrogen-bond donors (Lipinski definition) is 1. The first-order chi connectivity index (χ1) is 5.24. The summed E-state index contributed by atoms with van der Waals surface area (Å²) in [6, 6.07) is 4.38. The summed E-state index contributed by atoms with van der Waals surface area (Å²) in [4.78, 5) is 0. The first kappa shape index (κ1) is 8.81. The van der Waals surface area contributed by atoms with Crippen LogP contribution >= 0.6 is 27.5 Å². The van der Waals surface area contributed by atoms with Gasteiger partial charge in [-0.3, -0.25) is 0 Å². The van der Waals surface area contributed by atoms with Crippen molar-refractivity contribution in [2.45, 2.75) is 0 Å². The average molecular weight is 238 g/mol. The third-order valence-electron chi connectivity index (χ3n) is 1.19. The van der Waals surface area contributed by atoms with Crippen LogP contribution in [0.2, 0.25) is 5.02 Å². The van der Waals surface area contributed by atoms with Crippen LogP contribution in [0.3, 0.4) is 0 Å². The Hall–Kier alpha value is -0.280. The fourth-order valence-corrected chi connectivity index (χ4v) is 1.18. The number of rotatable bonds is 2. The number of anilines is 1. The highest BCUT2D eigenvalue weighted by molar-refractivity contribution is 9.09. The maximum Gasteiger partial charge on any atom is 0.146 e. The Labute approximate surface area is 77.7 Å². The van der Waals surface area contributed by atoms with Gasteiger partial charge in [-0.2, -0.15) is 0 Å². The van der Waals surface area contributed by atoms with Crippen molar-refractivity contribution in [2.24, 2.45) is 0 Å². The second kappa shape index (κ2) is 3.93. The molecule has 1 nitrogen and oxygen atoms in total. The van der Waals surface area contributed by atoms with Crippen LogP contribution in [0.4, 0.5) is 10.1 Å². The fraction of sp³-hybridized carbons (Fsp3) is 0.143. The lowest BCUT2D eigenvalue weighted by Gasteiger charge is -2.03. The first-order valence-electron chi connectivity index (χ1n) is 2.99. The standard InChI is InChI=1S/C7H6BrClFN/c8-4-11-7-3-5(9)1-2-6(7)10/h1-3,11H,4H2. The van der Waals surface area contributed by atoms with Crippen LogP contribution in [0.15, 0.2) is 18.2 Å². The van der Waals surface area contributed by atoms with Crippen LogP contribution < -0.4 is 5.32 Å². The molecular weight excluding hydrogens is 232 g/mol. The quantitative estimate of drug-likeness (QED) is 0.616. The Kier molecular flexibility index (Phi) is 3.15. The van der Waals surface area contributed by atoms with Crippen LogP contribution in [0.5, 0.6) is 0 Å². The van der Waals surface area contributed by atoms with Crippen molar-refractivity contribution in [3.8, 4) is 0 Å². The van der Waals surface area contributed by atoms with Gasteiger partial charge in [0.2, 0.25) is 0 Å². The number of nitrogens with one attached hydrogen (secondary N) is 1. The van der Waals surface area contributed by atoms with Crippen molar-refractivity contribution in [1.29, 1.82) is 0 Å². The summed E-state index contributed by atoms with van der Waals surface area (Å²) >= 11 is 8.75. The number of halogens is 3. The van der Waals surface area contributed by atoms with Gasteiger partial charge in [0.05, 0.1) is 11.1 Å². The lowest BCUT2D eigenvalue weighted by atomic mass is 10.3. The number of hydrogen-bond acceptors (Lipinski definition) is 1. The van der Waals surface area contributed by atoms with E-state index in [-0.39, 0.29) is 5.82 Å². The summed E-state index contributed by atoms with van der Waals surface area (Å²) in [5.41, 5.74) is 0.916. The van der Waals surface area contributed by atoms with E-state index < -0.39 is 0 Å². The molecule has 1 rings (SSSR count). The molecule has 0 saturated heterocycles. The van der Waals surface area contributed by atoms with Crippen molar-refractivity contribution in [3.63, 3.8) is 0 Å². The molecule has 1 aromatic rings. The average Bonchev–Trinajstić information content (AvgIpc) is 1.98. The Morgan fingerprint density at radius 1 is 1.55 bits per heavy atom. The second-order valence-corrected chi connectivity index (χ2v) is 2.93. The summed E-state index contributed by atoms with van der Waals surface area (Å²) in [6.07, 6.45) is 0. The van der Waals surface area contributed by atoms with Gasteiger partial charge in [0, 0.05) is 5.02 Å². The number of benzene rings is 1. The van der Waals surface area contributed by atoms with Crippen LogP contribution in [0, 0.1) is 5.82 Å². The van der Waals surface area contributed by atoms with Gasteiger partial charge < -0.3 is 5.32 Å². The zero-order valence-electron chi connectivity index (χ0n) is 5.57. The fourth-order valence-electron chi connectivity index (χ4n) is 0.705. The van der Waals surface area contributed by atoms with E-state index in [2.05, 4.69) is 21.2 Å². The Morgan fingerprint density at radius 3 is 2.91 bits per heavy atom. The van der Waals surface area contributed by atoms with Crippen molar-refractivity contribution in [1.82, 2.24) is 0 Å². The first-order valence-corrected chi connectivity index (χ1v) is 4.49. The maximum absolute atomic E-state index is 12.8. The van der Waals surface area contributed by atoms with Gasteiger partial charge in [-0.05, 0) is 18.2 Å². The molecule has 0 saturated carbocycles. The van der Waals surface area contributed by atoms with E-state index in [9.17, 15) is 4.39 Å². The van der Waals surface area contributed by atoms with Crippen LogP contribution in [0.25, 0.3) is 0 Å². The van der Waals surface area contributed by atoms with Crippen LogP contribution in [-0.4, -0.2) is 5.45 Å². The van der Waals surface area contributed by atoms with Crippen molar-refractivity contribution < 1.29 is 4.39 Å². The van der Waals surface area contributed by atoms with Crippen molar-refractivity contribution >= 4 is 33.2 Å². The van der Waals surface area contributed by atoms with E-state index in [1.165, 1.54) is 18.2 Å². The van der Waals surface area contributed by atoms with Gasteiger partial charge in [0.15, 0.2) is 0 Å². The smallest absolute Gasteiger partial charge is 0.146 e. The summed E-state index contributed by atoms with van der Waals surface area (Å²) < 4.78 is 12.8. The zero-order chi connectivity index (χ0) is 8.27. The maximum atomic E-state index is 12.8. The third-order valence-corrected chi connectivity index (χ3v) is 1.70. The Bertz CT molecular complexity index is 254. The van der Waals surface area contributed by atoms with E-state index in [1.807, 2.05) is 0 Å². The molecule has 60 valence electrons. The molecule has 4 heteroatoms. The van der Waals surface area contributed by atoms with E-state index in [0.29, 0.717) is 16.2 Å². The lowest BCUT2D eigenvalue weighted by Crippen LogP contribution is -1.96. The molecule has 0 atom stereocenters. The van der Waals surface area contributed by atoms with Gasteiger partial charge in [0.25, 0.3) is 0 Å². The normalized spacial score (nSPS) is 9.73. The summed E-state index contributed by atoms with van der Waals surface area (Å²) in [5.74, 6) is -0.297. The highest BCUT2D eigenvalue weighted by atomic mass is 79.9. The van der Waals surface area contributed by atoms with Gasteiger partial charge in [0.1, 0.15) is 5.82 Å². The second-order valence-electron chi connectivity index (χ2n) is 1.93. The predicted molar refractivity (Wildman–Crippen MR) is 48.8 cm³/mol. The topological polar surface area (TPSA) is 12.0 Å². The molecule has 0 fully saturated rings. The molecule has 0 aromatic heterocycles.